The van der Waals surface area contributed by atoms with Crippen LogP contribution in [0, 0.1) is 22.7 Å². The van der Waals surface area contributed by atoms with Crippen molar-refractivity contribution < 1.29 is 33.4 Å². The van der Waals surface area contributed by atoms with Gasteiger partial charge in [-0.25, -0.2) is 4.98 Å². The third-order valence-electron chi connectivity index (χ3n) is 11.9. The SMILES string of the molecule is COc1cc2nc(-c3ccccc3)cc3c2cc1/C=C/CC(C)(C)COC(=O)C[C@H]1CCCCC/C=C\[C@@H]2C[C@@]2(C(C)=O)CC(=O)[C@@H]2C[C@H](CN2C1=O)O3. The third kappa shape index (κ3) is 8.01. The fourth-order valence-electron chi connectivity index (χ4n) is 8.50. The van der Waals surface area contributed by atoms with Crippen molar-refractivity contribution in [2.45, 2.75) is 97.1 Å². The molecule has 1 aliphatic carbocycles. The Bertz CT molecular complexity index is 1980. The molecular weight excluding hydrogens is 681 g/mol. The molecule has 54 heavy (non-hydrogen) atoms. The maximum absolute atomic E-state index is 14.7. The smallest absolute Gasteiger partial charge is 0.306 e. The van der Waals surface area contributed by atoms with Gasteiger partial charge < -0.3 is 19.1 Å². The highest BCUT2D eigenvalue weighted by Crippen LogP contribution is 2.57. The van der Waals surface area contributed by atoms with Crippen LogP contribution in [-0.4, -0.2) is 65.7 Å². The first-order chi connectivity index (χ1) is 26.0. The van der Waals surface area contributed by atoms with Crippen LogP contribution in [-0.2, 0) is 23.9 Å². The van der Waals surface area contributed by atoms with Crippen LogP contribution < -0.4 is 9.47 Å². The van der Waals surface area contributed by atoms with Crippen LogP contribution in [0.15, 0.2) is 66.8 Å². The molecule has 1 aromatic heterocycles. The second-order valence-corrected chi connectivity index (χ2v) is 16.5. The molecule has 5 bridgehead atoms. The molecule has 0 radical (unpaired) electrons. The number of fused-ring (bicyclic) bond motifs is 4. The molecule has 7 rings (SSSR count). The van der Waals surface area contributed by atoms with E-state index in [-0.39, 0.29) is 61.2 Å². The molecule has 3 aliphatic heterocycles. The second-order valence-electron chi connectivity index (χ2n) is 16.5. The summed E-state index contributed by atoms with van der Waals surface area (Å²) in [6, 6.07) is 15.0. The van der Waals surface area contributed by atoms with Crippen molar-refractivity contribution in [1.29, 1.82) is 0 Å². The number of ketones is 2. The number of nitrogens with zero attached hydrogens (tertiary/aromatic N) is 2. The fraction of sp³-hybridized carbons (Fsp3) is 0.489. The number of hydrogen-bond acceptors (Lipinski definition) is 8. The van der Waals surface area contributed by atoms with E-state index in [0.717, 1.165) is 47.9 Å². The molecule has 5 atom stereocenters. The van der Waals surface area contributed by atoms with Crippen LogP contribution in [0.3, 0.4) is 0 Å². The first-order valence-corrected chi connectivity index (χ1v) is 19.5. The Morgan fingerprint density at radius 2 is 1.83 bits per heavy atom. The maximum Gasteiger partial charge on any atom is 0.306 e. The van der Waals surface area contributed by atoms with Crippen LogP contribution in [0.1, 0.15) is 90.5 Å². The van der Waals surface area contributed by atoms with E-state index in [4.69, 9.17) is 19.2 Å². The predicted octanol–water partition coefficient (Wildman–Crippen LogP) is 8.33. The van der Waals surface area contributed by atoms with Crippen molar-refractivity contribution in [1.82, 2.24) is 9.88 Å². The number of carbonyl (C=O) groups is 4. The van der Waals surface area contributed by atoms with Crippen molar-refractivity contribution in [3.8, 4) is 22.8 Å². The fourth-order valence-corrected chi connectivity index (χ4v) is 8.50. The summed E-state index contributed by atoms with van der Waals surface area (Å²) in [7, 11) is 1.63. The Labute approximate surface area is 318 Å². The van der Waals surface area contributed by atoms with Crippen LogP contribution in [0.2, 0.25) is 0 Å². The van der Waals surface area contributed by atoms with Crippen LogP contribution >= 0.6 is 0 Å². The third-order valence-corrected chi connectivity index (χ3v) is 11.9. The van der Waals surface area contributed by atoms with E-state index < -0.39 is 29.4 Å². The van der Waals surface area contributed by atoms with Gasteiger partial charge >= 0.3 is 5.97 Å². The second kappa shape index (κ2) is 15.5. The van der Waals surface area contributed by atoms with E-state index in [9.17, 15) is 19.2 Å². The zero-order valence-electron chi connectivity index (χ0n) is 32.0. The van der Waals surface area contributed by atoms with E-state index in [1.807, 2.05) is 68.5 Å². The van der Waals surface area contributed by atoms with Crippen molar-refractivity contribution >= 4 is 40.4 Å². The van der Waals surface area contributed by atoms with E-state index in [2.05, 4.69) is 18.2 Å². The van der Waals surface area contributed by atoms with Crippen LogP contribution in [0.5, 0.6) is 11.5 Å². The minimum absolute atomic E-state index is 0.0105. The van der Waals surface area contributed by atoms with E-state index >= 15 is 0 Å². The Kier molecular flexibility index (Phi) is 10.8. The maximum atomic E-state index is 14.7. The summed E-state index contributed by atoms with van der Waals surface area (Å²) in [5.74, 6) is -0.126. The van der Waals surface area contributed by atoms with Crippen molar-refractivity contribution in [2.24, 2.45) is 22.7 Å². The van der Waals surface area contributed by atoms with Gasteiger partial charge in [0.15, 0.2) is 5.78 Å². The number of Topliss-reactive ketones (excluding diaryl/α,β-unsaturated/α-hetero) is 2. The summed E-state index contributed by atoms with van der Waals surface area (Å²) in [4.78, 5) is 62.3. The lowest BCUT2D eigenvalue weighted by Crippen LogP contribution is -2.45. The number of carbonyl (C=O) groups excluding carboxylic acids is 4. The van der Waals surface area contributed by atoms with Gasteiger partial charge in [-0.05, 0) is 51.0 Å². The summed E-state index contributed by atoms with van der Waals surface area (Å²) in [5.41, 5.74) is 2.08. The number of allylic oxidation sites excluding steroid dienone is 3. The van der Waals surface area contributed by atoms with E-state index in [1.54, 1.807) is 18.9 Å². The lowest BCUT2D eigenvalue weighted by atomic mass is 9.88. The number of rotatable bonds is 3. The molecule has 2 aromatic carbocycles. The summed E-state index contributed by atoms with van der Waals surface area (Å²) in [5, 5.41) is 0.785. The van der Waals surface area contributed by atoms with Gasteiger partial charge in [0.05, 0.1) is 43.9 Å². The molecule has 3 aromatic rings. The largest absolute Gasteiger partial charge is 0.496 e. The number of esters is 1. The molecule has 0 unspecified atom stereocenters. The predicted molar refractivity (Wildman–Crippen MR) is 208 cm³/mol. The summed E-state index contributed by atoms with van der Waals surface area (Å²) >= 11 is 0. The molecule has 284 valence electrons. The first-order valence-electron chi connectivity index (χ1n) is 19.5. The highest BCUT2D eigenvalue weighted by atomic mass is 16.5. The molecule has 0 N–H and O–H groups in total. The normalized spacial score (nSPS) is 28.8. The quantitative estimate of drug-likeness (QED) is 0.195. The molecule has 1 saturated carbocycles. The summed E-state index contributed by atoms with van der Waals surface area (Å²) in [6.45, 7) is 6.05. The van der Waals surface area contributed by atoms with Gasteiger partial charge in [0.1, 0.15) is 23.4 Å². The summed E-state index contributed by atoms with van der Waals surface area (Å²) in [6.07, 6.45) is 13.4. The minimum atomic E-state index is -0.783. The average Bonchev–Trinajstić information content (AvgIpc) is 3.69. The number of aromatic nitrogens is 1. The highest BCUT2D eigenvalue weighted by Gasteiger charge is 2.58. The van der Waals surface area contributed by atoms with Crippen LogP contribution in [0.4, 0.5) is 0 Å². The standard InChI is InChI=1S/C45H52N2O7/c1-29(48)45-25-33(45)18-12-7-5-6-9-16-32-21-42(50)53-28-44(2,3)19-13-17-31-20-35-37(24-40(31)52-4)46-36(30-14-10-8-11-15-30)23-41(35)54-34-22-38(39(49)26-45)47(27-34)43(32)51/h8,10-15,17-18,20,23-24,32-34,38H,5-7,9,16,19,21-22,25-28H2,1-4H3/b17-13+,18-12-/t32-,33-,34-,38+,45+/m1/s1. The summed E-state index contributed by atoms with van der Waals surface area (Å²) < 4.78 is 18.6. The monoisotopic (exact) mass is 732 g/mol. The van der Waals surface area contributed by atoms with E-state index in [1.165, 1.54) is 0 Å². The molecule has 9 nitrogen and oxygen atoms in total. The van der Waals surface area contributed by atoms with Gasteiger partial charge in [-0.2, -0.15) is 0 Å². The number of pyridine rings is 1. The Morgan fingerprint density at radius 1 is 1.02 bits per heavy atom. The van der Waals surface area contributed by atoms with Crippen molar-refractivity contribution in [3.05, 3.63) is 72.3 Å². The van der Waals surface area contributed by atoms with Crippen LogP contribution in [0.25, 0.3) is 28.2 Å². The Balaban J connectivity index is 1.33. The molecule has 0 spiro atoms. The van der Waals surface area contributed by atoms with Gasteiger partial charge in [0, 0.05) is 58.2 Å². The zero-order chi connectivity index (χ0) is 38.0. The number of hydrogen-bond donors (Lipinski definition) is 0. The first kappa shape index (κ1) is 37.5. The molecule has 4 aliphatic rings. The molecule has 4 heterocycles. The molecule has 2 fully saturated rings. The lowest BCUT2D eigenvalue weighted by molar-refractivity contribution is -0.152. The minimum Gasteiger partial charge on any atom is -0.496 e. The van der Waals surface area contributed by atoms with Crippen molar-refractivity contribution in [3.63, 3.8) is 0 Å². The van der Waals surface area contributed by atoms with Gasteiger partial charge in [-0.1, -0.05) is 81.3 Å². The van der Waals surface area contributed by atoms with E-state index in [0.29, 0.717) is 36.3 Å². The zero-order valence-corrected chi connectivity index (χ0v) is 32.0. The van der Waals surface area contributed by atoms with Crippen molar-refractivity contribution in [2.75, 3.05) is 20.3 Å². The molecule has 1 amide bonds. The van der Waals surface area contributed by atoms with Gasteiger partial charge in [0.2, 0.25) is 5.91 Å². The molecule has 9 heteroatoms. The van der Waals surface area contributed by atoms with Gasteiger partial charge in [-0.3, -0.25) is 19.2 Å². The highest BCUT2D eigenvalue weighted by molar-refractivity contribution is 5.97. The Hall–Kier alpha value is -4.79. The molecular formula is C45H52N2O7. The number of ether oxygens (including phenoxy) is 3. The van der Waals surface area contributed by atoms with Gasteiger partial charge in [-0.15, -0.1) is 0 Å². The molecule has 1 saturated heterocycles. The number of methoxy groups -OCH3 is 1. The number of benzene rings is 2. The van der Waals surface area contributed by atoms with Gasteiger partial charge in [0.25, 0.3) is 0 Å². The Morgan fingerprint density at radius 3 is 2.61 bits per heavy atom. The average molecular weight is 733 g/mol. The number of cyclic esters (lactones) is 1. The lowest BCUT2D eigenvalue weighted by Gasteiger charge is -2.29. The topological polar surface area (TPSA) is 112 Å². The number of amides is 1.